The molecule has 5 nitrogen and oxygen atoms in total. The lowest BCUT2D eigenvalue weighted by Gasteiger charge is -2.17. The topological polar surface area (TPSA) is 78.1 Å². The van der Waals surface area contributed by atoms with Crippen LogP contribution in [0, 0.1) is 0 Å². The molecule has 2 atom stereocenters. The Morgan fingerprint density at radius 1 is 1.71 bits per heavy atom. The molecule has 1 aromatic rings. The normalized spacial score (nSPS) is 14.4. The van der Waals surface area contributed by atoms with Crippen molar-refractivity contribution in [2.45, 2.75) is 18.3 Å². The summed E-state index contributed by atoms with van der Waals surface area (Å²) in [7, 11) is 0. The molecular formula is C8H11N3O2S. The number of hydrogen-bond acceptors (Lipinski definition) is 6. The average molecular weight is 213 g/mol. The maximum Gasteiger partial charge on any atom is 0.294 e. The van der Waals surface area contributed by atoms with Crippen LogP contribution in [0.4, 0.5) is 5.82 Å². The Kier molecular flexibility index (Phi) is 3.70. The van der Waals surface area contributed by atoms with E-state index in [-0.39, 0.29) is 5.92 Å². The van der Waals surface area contributed by atoms with Crippen molar-refractivity contribution >= 4 is 24.9 Å². The number of carbonyl (C=O) groups is 1. The molecule has 2 unspecified atom stereocenters. The van der Waals surface area contributed by atoms with Crippen molar-refractivity contribution in [3.63, 3.8) is 0 Å². The maximum absolute atomic E-state index is 10.1. The standard InChI is InChI=1S/C8H11N3O2S/c1-5(8(14)13-4-12)6-2-10-3-11-7(6)9/h2-5,8,14H,1H3,(H2,9,10,11). The Hall–Kier alpha value is -1.30. The van der Waals surface area contributed by atoms with Gasteiger partial charge in [-0.05, 0) is 0 Å². The number of anilines is 1. The van der Waals surface area contributed by atoms with Crippen LogP contribution in [-0.2, 0) is 9.53 Å². The fraction of sp³-hybridized carbons (Fsp3) is 0.375. The fourth-order valence-corrected chi connectivity index (χ4v) is 1.24. The molecule has 0 aliphatic carbocycles. The molecule has 0 fully saturated rings. The third kappa shape index (κ3) is 2.35. The quantitative estimate of drug-likeness (QED) is 0.435. The van der Waals surface area contributed by atoms with Crippen LogP contribution in [0.3, 0.4) is 0 Å². The van der Waals surface area contributed by atoms with E-state index in [0.29, 0.717) is 17.9 Å². The molecule has 0 saturated carbocycles. The molecule has 14 heavy (non-hydrogen) atoms. The van der Waals surface area contributed by atoms with Gasteiger partial charge in [-0.2, -0.15) is 0 Å². The number of thiol groups is 1. The number of nitrogens with zero attached hydrogens (tertiary/aromatic N) is 2. The van der Waals surface area contributed by atoms with Crippen LogP contribution in [0.25, 0.3) is 0 Å². The summed E-state index contributed by atoms with van der Waals surface area (Å²) in [5, 5.41) is 0. The van der Waals surface area contributed by atoms with Gasteiger partial charge in [0.05, 0.1) is 0 Å². The van der Waals surface area contributed by atoms with Crippen LogP contribution < -0.4 is 5.73 Å². The lowest BCUT2D eigenvalue weighted by Crippen LogP contribution is -2.15. The van der Waals surface area contributed by atoms with E-state index in [9.17, 15) is 4.79 Å². The molecule has 0 aliphatic rings. The number of rotatable bonds is 4. The van der Waals surface area contributed by atoms with Gasteiger partial charge in [0.1, 0.15) is 12.1 Å². The highest BCUT2D eigenvalue weighted by Crippen LogP contribution is 2.25. The second-order valence-corrected chi connectivity index (χ2v) is 3.28. The molecule has 0 bridgehead atoms. The first-order valence-electron chi connectivity index (χ1n) is 3.99. The van der Waals surface area contributed by atoms with Crippen LogP contribution in [0.1, 0.15) is 18.4 Å². The van der Waals surface area contributed by atoms with E-state index in [2.05, 4.69) is 27.3 Å². The van der Waals surface area contributed by atoms with E-state index in [1.54, 1.807) is 6.20 Å². The summed E-state index contributed by atoms with van der Waals surface area (Å²) < 4.78 is 4.69. The van der Waals surface area contributed by atoms with Crippen molar-refractivity contribution in [3.05, 3.63) is 18.1 Å². The summed E-state index contributed by atoms with van der Waals surface area (Å²) >= 11 is 4.10. The van der Waals surface area contributed by atoms with Gasteiger partial charge in [-0.15, -0.1) is 12.6 Å². The lowest BCUT2D eigenvalue weighted by molar-refractivity contribution is -0.130. The second-order valence-electron chi connectivity index (χ2n) is 2.77. The number of nitrogens with two attached hydrogens (primary N) is 1. The average Bonchev–Trinajstić information content (AvgIpc) is 2.18. The van der Waals surface area contributed by atoms with Crippen LogP contribution in [-0.4, -0.2) is 21.9 Å². The SMILES string of the molecule is CC(c1cncnc1N)C(S)OC=O. The van der Waals surface area contributed by atoms with Crippen molar-refractivity contribution in [2.75, 3.05) is 5.73 Å². The summed E-state index contributed by atoms with van der Waals surface area (Å²) in [4.78, 5) is 17.8. The van der Waals surface area contributed by atoms with Crippen LogP contribution in [0.15, 0.2) is 12.5 Å². The molecule has 2 N–H and O–H groups in total. The predicted octanol–water partition coefficient (Wildman–Crippen LogP) is 0.591. The molecule has 1 heterocycles. The Morgan fingerprint density at radius 3 is 3.00 bits per heavy atom. The Bertz CT molecular complexity index is 321. The maximum atomic E-state index is 10.1. The highest BCUT2D eigenvalue weighted by Gasteiger charge is 2.19. The van der Waals surface area contributed by atoms with Crippen molar-refractivity contribution in [3.8, 4) is 0 Å². The van der Waals surface area contributed by atoms with Crippen molar-refractivity contribution in [1.82, 2.24) is 9.97 Å². The summed E-state index contributed by atoms with van der Waals surface area (Å²) in [6.45, 7) is 2.18. The number of aromatic nitrogens is 2. The molecule has 0 spiro atoms. The molecule has 76 valence electrons. The first-order valence-corrected chi connectivity index (χ1v) is 4.51. The molecular weight excluding hydrogens is 202 g/mol. The van der Waals surface area contributed by atoms with Crippen LogP contribution in [0.5, 0.6) is 0 Å². The first kappa shape index (κ1) is 10.8. The molecule has 0 aliphatic heterocycles. The van der Waals surface area contributed by atoms with Gasteiger partial charge in [-0.1, -0.05) is 6.92 Å². The smallest absolute Gasteiger partial charge is 0.294 e. The number of carbonyl (C=O) groups excluding carboxylic acids is 1. The number of ether oxygens (including phenoxy) is 1. The number of nitrogen functional groups attached to an aromatic ring is 1. The van der Waals surface area contributed by atoms with E-state index >= 15 is 0 Å². The van der Waals surface area contributed by atoms with Crippen molar-refractivity contribution in [1.29, 1.82) is 0 Å². The molecule has 0 aromatic carbocycles. The van der Waals surface area contributed by atoms with E-state index in [1.165, 1.54) is 6.33 Å². The summed E-state index contributed by atoms with van der Waals surface area (Å²) in [6, 6.07) is 0. The largest absolute Gasteiger partial charge is 0.453 e. The van der Waals surface area contributed by atoms with Gasteiger partial charge >= 0.3 is 0 Å². The Morgan fingerprint density at radius 2 is 2.43 bits per heavy atom. The first-order chi connectivity index (χ1) is 6.66. The van der Waals surface area contributed by atoms with Gasteiger partial charge in [0.25, 0.3) is 6.47 Å². The molecule has 1 rings (SSSR count). The zero-order valence-corrected chi connectivity index (χ0v) is 8.52. The minimum Gasteiger partial charge on any atom is -0.453 e. The Labute approximate surface area is 87.1 Å². The summed E-state index contributed by atoms with van der Waals surface area (Å²) in [5.74, 6) is 0.228. The monoisotopic (exact) mass is 213 g/mol. The molecule has 6 heteroatoms. The van der Waals surface area contributed by atoms with E-state index < -0.39 is 5.44 Å². The summed E-state index contributed by atoms with van der Waals surface area (Å²) in [6.07, 6.45) is 2.95. The predicted molar refractivity (Wildman–Crippen MR) is 54.8 cm³/mol. The zero-order chi connectivity index (χ0) is 10.6. The number of hydrogen-bond donors (Lipinski definition) is 2. The molecule has 0 amide bonds. The lowest BCUT2D eigenvalue weighted by atomic mass is 10.0. The fourth-order valence-electron chi connectivity index (χ4n) is 1.03. The van der Waals surface area contributed by atoms with Gasteiger partial charge in [-0.3, -0.25) is 4.79 Å². The van der Waals surface area contributed by atoms with Crippen molar-refractivity contribution in [2.24, 2.45) is 0 Å². The van der Waals surface area contributed by atoms with E-state index in [4.69, 9.17) is 5.73 Å². The molecule has 0 radical (unpaired) electrons. The highest BCUT2D eigenvalue weighted by atomic mass is 32.1. The van der Waals surface area contributed by atoms with Gasteiger partial charge < -0.3 is 10.5 Å². The molecule has 1 aromatic heterocycles. The third-order valence-electron chi connectivity index (χ3n) is 1.89. The van der Waals surface area contributed by atoms with Crippen LogP contribution in [0.2, 0.25) is 0 Å². The van der Waals surface area contributed by atoms with E-state index in [0.717, 1.165) is 0 Å². The highest BCUT2D eigenvalue weighted by molar-refractivity contribution is 7.80. The minimum atomic E-state index is -0.541. The molecule has 0 saturated heterocycles. The third-order valence-corrected chi connectivity index (χ3v) is 2.46. The zero-order valence-electron chi connectivity index (χ0n) is 7.62. The van der Waals surface area contributed by atoms with Gasteiger partial charge in [0.15, 0.2) is 5.44 Å². The minimum absolute atomic E-state index is 0.148. The van der Waals surface area contributed by atoms with E-state index in [1.807, 2.05) is 6.92 Å². The summed E-state index contributed by atoms with van der Waals surface area (Å²) in [5.41, 5.74) is 5.80. The van der Waals surface area contributed by atoms with Crippen LogP contribution >= 0.6 is 12.6 Å². The van der Waals surface area contributed by atoms with Gasteiger partial charge in [0, 0.05) is 17.7 Å². The Balaban J connectivity index is 2.83. The van der Waals surface area contributed by atoms with Crippen molar-refractivity contribution < 1.29 is 9.53 Å². The van der Waals surface area contributed by atoms with Gasteiger partial charge in [-0.25, -0.2) is 9.97 Å². The van der Waals surface area contributed by atoms with Gasteiger partial charge in [0.2, 0.25) is 0 Å². The second kappa shape index (κ2) is 4.80.